The molecular weight excluding hydrogens is 204 g/mol. The van der Waals surface area contributed by atoms with Crippen LogP contribution in [0.4, 0.5) is 0 Å². The van der Waals surface area contributed by atoms with E-state index >= 15 is 0 Å². The van der Waals surface area contributed by atoms with E-state index in [4.69, 9.17) is 0 Å². The smallest absolute Gasteiger partial charge is 0.0164 e. The van der Waals surface area contributed by atoms with E-state index in [1.54, 1.807) is 0 Å². The lowest BCUT2D eigenvalue weighted by molar-refractivity contribution is 0.359. The Morgan fingerprint density at radius 3 is 2.76 bits per heavy atom. The van der Waals surface area contributed by atoms with Crippen LogP contribution in [0.3, 0.4) is 0 Å². The van der Waals surface area contributed by atoms with Gasteiger partial charge in [-0.05, 0) is 35.5 Å². The SMILES string of the molecule is C1=CC2=CC=C3C=CCC[C@H]4C=CC(=C1)[C@@H]2C34. The number of allylic oxidation sites excluding steroid dienone is 12. The summed E-state index contributed by atoms with van der Waals surface area (Å²) in [5.74, 6) is 2.04. The van der Waals surface area contributed by atoms with E-state index < -0.39 is 0 Å². The molecule has 0 aromatic rings. The summed E-state index contributed by atoms with van der Waals surface area (Å²) in [7, 11) is 0. The highest BCUT2D eigenvalue weighted by Crippen LogP contribution is 2.49. The molecule has 0 spiro atoms. The van der Waals surface area contributed by atoms with Gasteiger partial charge in [0.1, 0.15) is 0 Å². The minimum absolute atomic E-state index is 0.623. The van der Waals surface area contributed by atoms with Gasteiger partial charge in [0.15, 0.2) is 0 Å². The third-order valence-corrected chi connectivity index (χ3v) is 4.48. The lowest BCUT2D eigenvalue weighted by Crippen LogP contribution is -2.31. The predicted octanol–water partition coefficient (Wildman–Crippen LogP) is 4.12. The van der Waals surface area contributed by atoms with Gasteiger partial charge < -0.3 is 0 Å². The Kier molecular flexibility index (Phi) is 1.93. The first-order chi connectivity index (χ1) is 8.43. The van der Waals surface area contributed by atoms with Gasteiger partial charge in [0.2, 0.25) is 0 Å². The molecule has 4 rings (SSSR count). The van der Waals surface area contributed by atoms with Crippen molar-refractivity contribution >= 4 is 0 Å². The lowest BCUT2D eigenvalue weighted by atomic mass is 9.63. The summed E-state index contributed by atoms with van der Waals surface area (Å²) >= 11 is 0. The molecule has 4 aliphatic carbocycles. The van der Waals surface area contributed by atoms with Gasteiger partial charge in [-0.3, -0.25) is 0 Å². The number of hydrogen-bond acceptors (Lipinski definition) is 0. The van der Waals surface area contributed by atoms with Crippen LogP contribution in [0.25, 0.3) is 0 Å². The van der Waals surface area contributed by atoms with Gasteiger partial charge in [0, 0.05) is 11.8 Å². The molecule has 84 valence electrons. The molecule has 17 heavy (non-hydrogen) atoms. The highest BCUT2D eigenvalue weighted by Gasteiger charge is 2.38. The Labute approximate surface area is 102 Å². The highest BCUT2D eigenvalue weighted by molar-refractivity contribution is 5.53. The maximum Gasteiger partial charge on any atom is 0.0164 e. The second kappa shape index (κ2) is 3.46. The monoisotopic (exact) mass is 220 g/mol. The van der Waals surface area contributed by atoms with Gasteiger partial charge in [-0.25, -0.2) is 0 Å². The second-order valence-electron chi connectivity index (χ2n) is 5.37. The Morgan fingerprint density at radius 2 is 1.76 bits per heavy atom. The third kappa shape index (κ3) is 1.30. The van der Waals surface area contributed by atoms with Crippen molar-refractivity contribution in [3.05, 3.63) is 71.4 Å². The maximum absolute atomic E-state index is 2.44. The maximum atomic E-state index is 2.44. The van der Waals surface area contributed by atoms with Crippen molar-refractivity contribution in [1.29, 1.82) is 0 Å². The minimum atomic E-state index is 0.623. The molecule has 0 amide bonds. The molecule has 1 unspecified atom stereocenters. The van der Waals surface area contributed by atoms with Gasteiger partial charge in [-0.1, -0.05) is 54.7 Å². The molecule has 0 bridgehead atoms. The van der Waals surface area contributed by atoms with E-state index in [1.807, 2.05) is 0 Å². The number of rotatable bonds is 0. The molecule has 0 aromatic heterocycles. The van der Waals surface area contributed by atoms with Crippen molar-refractivity contribution in [3.63, 3.8) is 0 Å². The van der Waals surface area contributed by atoms with Crippen LogP contribution in [0.1, 0.15) is 12.8 Å². The third-order valence-electron chi connectivity index (χ3n) is 4.48. The van der Waals surface area contributed by atoms with Gasteiger partial charge in [-0.15, -0.1) is 0 Å². The molecule has 4 aliphatic rings. The second-order valence-corrected chi connectivity index (χ2v) is 5.37. The van der Waals surface area contributed by atoms with Crippen LogP contribution in [0, 0.1) is 17.8 Å². The first kappa shape index (κ1) is 9.47. The molecule has 0 aromatic carbocycles. The Balaban J connectivity index is 1.93. The summed E-state index contributed by atoms with van der Waals surface area (Å²) in [6.07, 6.45) is 23.4. The summed E-state index contributed by atoms with van der Waals surface area (Å²) in [6.45, 7) is 0. The topological polar surface area (TPSA) is 0 Å². The zero-order valence-electron chi connectivity index (χ0n) is 9.84. The van der Waals surface area contributed by atoms with Crippen LogP contribution < -0.4 is 0 Å². The summed E-state index contributed by atoms with van der Waals surface area (Å²) in [4.78, 5) is 0. The average Bonchev–Trinajstić information content (AvgIpc) is 2.59. The largest absolute Gasteiger partial charge is 0.0842 e. The Bertz CT molecular complexity index is 534. The van der Waals surface area contributed by atoms with Crippen molar-refractivity contribution in [1.82, 2.24) is 0 Å². The van der Waals surface area contributed by atoms with Gasteiger partial charge in [-0.2, -0.15) is 0 Å². The molecular formula is C17H16. The zero-order chi connectivity index (χ0) is 11.2. The van der Waals surface area contributed by atoms with Crippen LogP contribution >= 0.6 is 0 Å². The van der Waals surface area contributed by atoms with E-state index in [0.717, 1.165) is 5.92 Å². The first-order valence-electron chi connectivity index (χ1n) is 6.58. The molecule has 0 radical (unpaired) electrons. The molecule has 0 N–H and O–H groups in total. The van der Waals surface area contributed by atoms with Crippen LogP contribution in [0.5, 0.6) is 0 Å². The van der Waals surface area contributed by atoms with Crippen LogP contribution in [-0.4, -0.2) is 0 Å². The molecule has 0 nitrogen and oxygen atoms in total. The van der Waals surface area contributed by atoms with Crippen molar-refractivity contribution in [2.24, 2.45) is 17.8 Å². The molecule has 0 saturated carbocycles. The van der Waals surface area contributed by atoms with Crippen molar-refractivity contribution < 1.29 is 0 Å². The van der Waals surface area contributed by atoms with E-state index in [1.165, 1.54) is 29.6 Å². The van der Waals surface area contributed by atoms with Crippen LogP contribution in [0.15, 0.2) is 71.4 Å². The van der Waals surface area contributed by atoms with Gasteiger partial charge in [0.05, 0.1) is 0 Å². The quantitative estimate of drug-likeness (QED) is 0.576. The van der Waals surface area contributed by atoms with E-state index in [0.29, 0.717) is 11.8 Å². The Hall–Kier alpha value is -1.56. The first-order valence-corrected chi connectivity index (χ1v) is 6.58. The van der Waals surface area contributed by atoms with Crippen molar-refractivity contribution in [2.45, 2.75) is 12.8 Å². The van der Waals surface area contributed by atoms with Crippen LogP contribution in [0.2, 0.25) is 0 Å². The van der Waals surface area contributed by atoms with Crippen LogP contribution in [-0.2, 0) is 0 Å². The van der Waals surface area contributed by atoms with E-state index in [-0.39, 0.29) is 0 Å². The summed E-state index contributed by atoms with van der Waals surface area (Å²) < 4.78 is 0. The molecule has 0 fully saturated rings. The normalized spacial score (nSPS) is 36.7. The minimum Gasteiger partial charge on any atom is -0.0842 e. The molecule has 0 heteroatoms. The summed E-state index contributed by atoms with van der Waals surface area (Å²) in [5.41, 5.74) is 4.54. The van der Waals surface area contributed by atoms with E-state index in [9.17, 15) is 0 Å². The molecule has 3 atom stereocenters. The fourth-order valence-electron chi connectivity index (χ4n) is 3.70. The van der Waals surface area contributed by atoms with Crippen molar-refractivity contribution in [3.8, 4) is 0 Å². The summed E-state index contributed by atoms with van der Waals surface area (Å²) in [6, 6.07) is 0. The Morgan fingerprint density at radius 1 is 0.882 bits per heavy atom. The number of hydrogen-bond donors (Lipinski definition) is 0. The van der Waals surface area contributed by atoms with Gasteiger partial charge in [0.25, 0.3) is 0 Å². The fraction of sp³-hybridized carbons (Fsp3) is 0.294. The molecule has 0 heterocycles. The van der Waals surface area contributed by atoms with Gasteiger partial charge >= 0.3 is 0 Å². The average molecular weight is 220 g/mol. The predicted molar refractivity (Wildman–Crippen MR) is 71.4 cm³/mol. The van der Waals surface area contributed by atoms with E-state index in [2.05, 4.69) is 54.7 Å². The zero-order valence-corrected chi connectivity index (χ0v) is 9.84. The van der Waals surface area contributed by atoms with Crippen molar-refractivity contribution in [2.75, 3.05) is 0 Å². The molecule has 0 saturated heterocycles. The lowest BCUT2D eigenvalue weighted by Gasteiger charge is -2.40. The molecule has 0 aliphatic heterocycles. The summed E-state index contributed by atoms with van der Waals surface area (Å²) in [5, 5.41) is 0. The fourth-order valence-corrected chi connectivity index (χ4v) is 3.70. The highest BCUT2D eigenvalue weighted by atomic mass is 14.4. The standard InChI is InChI=1S/C17H16/c1-2-5-13-9-11-15-7-3-6-14-10-8-12(4-1)16(13)17(14)15/h1,3-4,6-11,13,16-17H,2,5H2/t13-,16?,17+/m0/s1.